The average molecular weight is 256 g/mol. The van der Waals surface area contributed by atoms with Gasteiger partial charge in [-0.25, -0.2) is 0 Å². The van der Waals surface area contributed by atoms with Gasteiger partial charge in [0.15, 0.2) is 5.82 Å². The highest BCUT2D eigenvalue weighted by Crippen LogP contribution is 2.51. The van der Waals surface area contributed by atoms with Crippen molar-refractivity contribution >= 4 is 17.7 Å². The number of thioether (sulfide) groups is 1. The van der Waals surface area contributed by atoms with E-state index in [-0.39, 0.29) is 11.8 Å². The van der Waals surface area contributed by atoms with E-state index in [9.17, 15) is 4.79 Å². The van der Waals surface area contributed by atoms with Crippen LogP contribution < -0.4 is 0 Å². The number of aromatic nitrogens is 2. The number of carboxylic acid groups (broad SMARTS) is 1. The molecule has 17 heavy (non-hydrogen) atoms. The molecule has 2 rings (SSSR count). The van der Waals surface area contributed by atoms with Crippen molar-refractivity contribution in [3.8, 4) is 0 Å². The Kier molecular flexibility index (Phi) is 3.71. The van der Waals surface area contributed by atoms with Crippen LogP contribution in [0.4, 0.5) is 0 Å². The van der Waals surface area contributed by atoms with Crippen molar-refractivity contribution in [1.29, 1.82) is 0 Å². The third kappa shape index (κ3) is 3.46. The number of aryl methyl sites for hydroxylation is 1. The Morgan fingerprint density at radius 1 is 1.59 bits per heavy atom. The molecular formula is C11H16N2O3S. The summed E-state index contributed by atoms with van der Waals surface area (Å²) < 4.78 is 5.07. The highest BCUT2D eigenvalue weighted by Gasteiger charge is 2.44. The van der Waals surface area contributed by atoms with Crippen LogP contribution in [-0.2, 0) is 17.0 Å². The molecule has 94 valence electrons. The van der Waals surface area contributed by atoms with Crippen molar-refractivity contribution < 1.29 is 14.4 Å². The van der Waals surface area contributed by atoms with Crippen LogP contribution in [-0.4, -0.2) is 27.0 Å². The molecule has 0 unspecified atom stereocenters. The number of carbonyl (C=O) groups is 1. The largest absolute Gasteiger partial charge is 0.481 e. The Hall–Kier alpha value is -1.04. The number of rotatable bonds is 7. The SMILES string of the molecule is CCc1noc(CSCC2(CC(=O)O)CC2)n1. The molecule has 0 spiro atoms. The Morgan fingerprint density at radius 2 is 2.35 bits per heavy atom. The number of hydrogen-bond donors (Lipinski definition) is 1. The molecule has 1 saturated carbocycles. The zero-order valence-electron chi connectivity index (χ0n) is 9.81. The monoisotopic (exact) mass is 256 g/mol. The van der Waals surface area contributed by atoms with E-state index < -0.39 is 5.97 Å². The lowest BCUT2D eigenvalue weighted by molar-refractivity contribution is -0.138. The van der Waals surface area contributed by atoms with E-state index in [0.29, 0.717) is 11.6 Å². The molecule has 6 heteroatoms. The molecule has 0 atom stereocenters. The van der Waals surface area contributed by atoms with Crippen LogP contribution in [0.2, 0.25) is 0 Å². The minimum absolute atomic E-state index is 0.0319. The van der Waals surface area contributed by atoms with E-state index in [4.69, 9.17) is 9.63 Å². The quantitative estimate of drug-likeness (QED) is 0.805. The number of aliphatic carboxylic acids is 1. The molecule has 1 aromatic heterocycles. The number of hydrogen-bond acceptors (Lipinski definition) is 5. The molecule has 5 nitrogen and oxygen atoms in total. The normalized spacial score (nSPS) is 17.0. The molecule has 1 aliphatic rings. The van der Waals surface area contributed by atoms with Crippen LogP contribution in [0.3, 0.4) is 0 Å². The Balaban J connectivity index is 1.74. The Morgan fingerprint density at radius 3 is 2.88 bits per heavy atom. The zero-order valence-corrected chi connectivity index (χ0v) is 10.6. The smallest absolute Gasteiger partial charge is 0.303 e. The molecule has 0 amide bonds. The molecule has 1 fully saturated rings. The maximum absolute atomic E-state index is 10.7. The van der Waals surface area contributed by atoms with E-state index >= 15 is 0 Å². The van der Waals surface area contributed by atoms with Crippen molar-refractivity contribution in [3.63, 3.8) is 0 Å². The highest BCUT2D eigenvalue weighted by molar-refractivity contribution is 7.98. The van der Waals surface area contributed by atoms with E-state index in [1.54, 1.807) is 11.8 Å². The summed E-state index contributed by atoms with van der Waals surface area (Å²) in [5.74, 6) is 2.21. The van der Waals surface area contributed by atoms with E-state index in [1.165, 1.54) is 0 Å². The third-order valence-electron chi connectivity index (χ3n) is 2.94. The minimum atomic E-state index is -0.700. The van der Waals surface area contributed by atoms with Gasteiger partial charge in [0.05, 0.1) is 12.2 Å². The van der Waals surface area contributed by atoms with Gasteiger partial charge >= 0.3 is 5.97 Å². The molecule has 0 saturated heterocycles. The lowest BCUT2D eigenvalue weighted by atomic mass is 10.1. The number of nitrogens with zero attached hydrogens (tertiary/aromatic N) is 2. The predicted octanol–water partition coefficient (Wildman–Crippen LogP) is 2.12. The third-order valence-corrected chi connectivity index (χ3v) is 4.21. The van der Waals surface area contributed by atoms with Crippen LogP contribution in [0.25, 0.3) is 0 Å². The maximum atomic E-state index is 10.7. The summed E-state index contributed by atoms with van der Waals surface area (Å²) in [7, 11) is 0. The first kappa shape index (κ1) is 12.4. The minimum Gasteiger partial charge on any atom is -0.481 e. The lowest BCUT2D eigenvalue weighted by Gasteiger charge is -2.10. The van der Waals surface area contributed by atoms with Crippen LogP contribution in [0.5, 0.6) is 0 Å². The van der Waals surface area contributed by atoms with Gasteiger partial charge in [-0.3, -0.25) is 4.79 Å². The fraction of sp³-hybridized carbons (Fsp3) is 0.727. The first-order valence-corrected chi connectivity index (χ1v) is 6.90. The molecule has 1 heterocycles. The van der Waals surface area contributed by atoms with Crippen LogP contribution in [0, 0.1) is 5.41 Å². The molecule has 1 N–H and O–H groups in total. The van der Waals surface area contributed by atoms with Gasteiger partial charge in [0, 0.05) is 6.42 Å². The van der Waals surface area contributed by atoms with Crippen molar-refractivity contribution in [2.45, 2.75) is 38.4 Å². The fourth-order valence-corrected chi connectivity index (χ4v) is 2.93. The first-order valence-electron chi connectivity index (χ1n) is 5.74. The number of carboxylic acids is 1. The standard InChI is InChI=1S/C11H16N2O3S/c1-2-8-12-9(16-13-8)6-17-7-11(3-4-11)5-10(14)15/h2-7H2,1H3,(H,14,15). The average Bonchev–Trinajstić information content (AvgIpc) is 2.87. The van der Waals surface area contributed by atoms with E-state index in [1.807, 2.05) is 6.92 Å². The zero-order chi connectivity index (χ0) is 12.3. The summed E-state index contributed by atoms with van der Waals surface area (Å²) in [6.45, 7) is 1.98. The molecule has 1 aromatic rings. The Labute approximate surface area is 104 Å². The topological polar surface area (TPSA) is 76.2 Å². The summed E-state index contributed by atoms with van der Waals surface area (Å²) >= 11 is 1.68. The van der Waals surface area contributed by atoms with Crippen LogP contribution in [0.15, 0.2) is 4.52 Å². The fourth-order valence-electron chi connectivity index (χ4n) is 1.72. The first-order chi connectivity index (χ1) is 8.13. The summed E-state index contributed by atoms with van der Waals surface area (Å²) in [5, 5.41) is 12.6. The molecular weight excluding hydrogens is 240 g/mol. The van der Waals surface area contributed by atoms with E-state index in [0.717, 1.165) is 30.8 Å². The van der Waals surface area contributed by atoms with Crippen molar-refractivity contribution in [2.24, 2.45) is 5.41 Å². The van der Waals surface area contributed by atoms with E-state index in [2.05, 4.69) is 10.1 Å². The second-order valence-electron chi connectivity index (χ2n) is 4.52. The molecule has 0 radical (unpaired) electrons. The second-order valence-corrected chi connectivity index (χ2v) is 5.51. The van der Waals surface area contributed by atoms with Gasteiger partial charge in [-0.1, -0.05) is 12.1 Å². The summed E-state index contributed by atoms with van der Waals surface area (Å²) in [6.07, 6.45) is 3.11. The van der Waals surface area contributed by atoms with Gasteiger partial charge in [-0.05, 0) is 24.0 Å². The molecule has 0 bridgehead atoms. The summed E-state index contributed by atoms with van der Waals surface area (Å²) in [4.78, 5) is 14.9. The van der Waals surface area contributed by atoms with Gasteiger partial charge in [0.1, 0.15) is 0 Å². The van der Waals surface area contributed by atoms with Gasteiger partial charge in [-0.15, -0.1) is 0 Å². The highest BCUT2D eigenvalue weighted by atomic mass is 32.2. The van der Waals surface area contributed by atoms with Crippen LogP contribution in [0.1, 0.15) is 37.9 Å². The van der Waals surface area contributed by atoms with Crippen LogP contribution >= 0.6 is 11.8 Å². The Bertz CT molecular complexity index is 401. The second kappa shape index (κ2) is 5.08. The molecule has 0 aromatic carbocycles. The molecule has 0 aliphatic heterocycles. The summed E-state index contributed by atoms with van der Waals surface area (Å²) in [5.41, 5.74) is 0.0319. The summed E-state index contributed by atoms with van der Waals surface area (Å²) in [6, 6.07) is 0. The van der Waals surface area contributed by atoms with Gasteiger partial charge in [0.2, 0.25) is 5.89 Å². The van der Waals surface area contributed by atoms with Gasteiger partial charge < -0.3 is 9.63 Å². The van der Waals surface area contributed by atoms with Crippen molar-refractivity contribution in [2.75, 3.05) is 5.75 Å². The van der Waals surface area contributed by atoms with Gasteiger partial charge in [-0.2, -0.15) is 16.7 Å². The maximum Gasteiger partial charge on any atom is 0.303 e. The van der Waals surface area contributed by atoms with Crippen molar-refractivity contribution in [3.05, 3.63) is 11.7 Å². The molecule has 1 aliphatic carbocycles. The van der Waals surface area contributed by atoms with Gasteiger partial charge in [0.25, 0.3) is 0 Å². The van der Waals surface area contributed by atoms with Crippen molar-refractivity contribution in [1.82, 2.24) is 10.1 Å². The lowest BCUT2D eigenvalue weighted by Crippen LogP contribution is -2.11. The predicted molar refractivity (Wildman–Crippen MR) is 63.8 cm³/mol.